The van der Waals surface area contributed by atoms with Gasteiger partial charge in [0, 0.05) is 29.9 Å². The van der Waals surface area contributed by atoms with Crippen molar-refractivity contribution >= 4 is 29.8 Å². The summed E-state index contributed by atoms with van der Waals surface area (Å²) in [6.07, 6.45) is 12.6. The average Bonchev–Trinajstić information content (AvgIpc) is 3.67. The van der Waals surface area contributed by atoms with Gasteiger partial charge in [-0.05, 0) is 136 Å². The maximum Gasteiger partial charge on any atom is 0.330 e. The van der Waals surface area contributed by atoms with Crippen LogP contribution in [0.3, 0.4) is 0 Å². The Morgan fingerprint density at radius 3 is 1.89 bits per heavy atom. The molecule has 0 bridgehead atoms. The molecule has 3 aliphatic rings. The van der Waals surface area contributed by atoms with Gasteiger partial charge in [0.25, 0.3) is 0 Å². The van der Waals surface area contributed by atoms with E-state index in [1.165, 1.54) is 6.08 Å². The van der Waals surface area contributed by atoms with Gasteiger partial charge >= 0.3 is 17.9 Å². The summed E-state index contributed by atoms with van der Waals surface area (Å²) in [6, 6.07) is 29.5. The van der Waals surface area contributed by atoms with Gasteiger partial charge in [-0.25, -0.2) is 4.79 Å². The van der Waals surface area contributed by atoms with Crippen LogP contribution in [0.5, 0.6) is 17.2 Å². The molecule has 0 radical (unpaired) electrons. The highest BCUT2D eigenvalue weighted by atomic mass is 16.6. The number of methoxy groups -OCH3 is 1. The molecular weight excluding hydrogens is 837 g/mol. The van der Waals surface area contributed by atoms with Gasteiger partial charge in [-0.15, -0.1) is 5.10 Å². The smallest absolute Gasteiger partial charge is 0.330 e. The van der Waals surface area contributed by atoms with Crippen LogP contribution in [0.2, 0.25) is 0 Å². The Morgan fingerprint density at radius 1 is 0.636 bits per heavy atom. The number of esters is 3. The van der Waals surface area contributed by atoms with Crippen molar-refractivity contribution in [2.24, 2.45) is 22.0 Å². The quantitative estimate of drug-likeness (QED) is 0.0155. The molecule has 0 aliphatic heterocycles. The van der Waals surface area contributed by atoms with E-state index in [0.29, 0.717) is 94.1 Å². The molecule has 348 valence electrons. The number of carbonyl (C=O) groups is 3. The molecule has 4 aromatic rings. The number of rotatable bonds is 23. The lowest BCUT2D eigenvalue weighted by atomic mass is 9.82. The van der Waals surface area contributed by atoms with Gasteiger partial charge in [0.05, 0.1) is 63.8 Å². The highest BCUT2D eigenvalue weighted by molar-refractivity contribution is 6.24. The molecule has 7 rings (SSSR count). The first kappa shape index (κ1) is 48.0. The van der Waals surface area contributed by atoms with Gasteiger partial charge in [-0.3, -0.25) is 9.59 Å². The molecule has 12 heteroatoms. The van der Waals surface area contributed by atoms with Crippen LogP contribution in [0.1, 0.15) is 105 Å². The van der Waals surface area contributed by atoms with E-state index in [1.807, 2.05) is 30.3 Å². The van der Waals surface area contributed by atoms with Crippen LogP contribution in [0.25, 0.3) is 11.1 Å². The van der Waals surface area contributed by atoms with E-state index in [0.717, 1.165) is 84.9 Å². The van der Waals surface area contributed by atoms with Crippen LogP contribution in [0.4, 0.5) is 0 Å². The van der Waals surface area contributed by atoms with Crippen LogP contribution in [-0.4, -0.2) is 82.7 Å². The van der Waals surface area contributed by atoms with E-state index >= 15 is 0 Å². The Balaban J connectivity index is 0.927. The molecule has 0 amide bonds. The number of carbonyl (C=O) groups excluding carboxylic acids is 3. The molecule has 0 spiro atoms. The first-order valence-corrected chi connectivity index (χ1v) is 23.5. The molecule has 2 saturated carbocycles. The van der Waals surface area contributed by atoms with Crippen molar-refractivity contribution < 1.29 is 47.5 Å². The Bertz CT molecular complexity index is 2240. The maximum absolute atomic E-state index is 13.8. The fourth-order valence-electron chi connectivity index (χ4n) is 8.89. The van der Waals surface area contributed by atoms with Crippen molar-refractivity contribution in [3.8, 4) is 28.4 Å². The summed E-state index contributed by atoms with van der Waals surface area (Å²) in [6.45, 7) is 6.60. The first-order valence-electron chi connectivity index (χ1n) is 23.5. The summed E-state index contributed by atoms with van der Waals surface area (Å²) in [5.74, 6) is 0.232. The van der Waals surface area contributed by atoms with Crippen LogP contribution < -0.4 is 14.2 Å². The number of nitrogens with zero attached hydrogens (tertiary/aromatic N) is 2. The summed E-state index contributed by atoms with van der Waals surface area (Å²) >= 11 is 0. The number of hydrogen-bond acceptors (Lipinski definition) is 12. The number of ether oxygens (including phenoxy) is 7. The van der Waals surface area contributed by atoms with Gasteiger partial charge in [0.15, 0.2) is 0 Å². The number of benzene rings is 4. The van der Waals surface area contributed by atoms with E-state index in [2.05, 4.69) is 48.1 Å². The fraction of sp³-hybridized carbons (Fsp3) is 0.426. The predicted octanol–water partition coefficient (Wildman–Crippen LogP) is 10.2. The summed E-state index contributed by atoms with van der Waals surface area (Å²) in [5.41, 5.74) is 6.97. The third-order valence-electron chi connectivity index (χ3n) is 12.6. The van der Waals surface area contributed by atoms with Crippen molar-refractivity contribution in [3.63, 3.8) is 0 Å². The minimum absolute atomic E-state index is 0.202. The van der Waals surface area contributed by atoms with E-state index in [-0.39, 0.29) is 29.9 Å². The highest BCUT2D eigenvalue weighted by Gasteiger charge is 2.33. The molecule has 0 N–H and O–H groups in total. The zero-order valence-corrected chi connectivity index (χ0v) is 38.0. The van der Waals surface area contributed by atoms with Gasteiger partial charge in [0.2, 0.25) is 0 Å². The molecule has 3 aliphatic carbocycles. The van der Waals surface area contributed by atoms with Crippen molar-refractivity contribution in [1.82, 2.24) is 0 Å². The Kier molecular flexibility index (Phi) is 18.2. The summed E-state index contributed by atoms with van der Waals surface area (Å²) < 4.78 is 39.5. The molecule has 0 aromatic heterocycles. The average molecular weight is 899 g/mol. The third kappa shape index (κ3) is 13.6. The largest absolute Gasteiger partial charge is 0.494 e. The summed E-state index contributed by atoms with van der Waals surface area (Å²) in [5, 5.41) is 9.38. The van der Waals surface area contributed by atoms with Crippen molar-refractivity contribution in [2.45, 2.75) is 89.1 Å². The Labute approximate surface area is 388 Å². The second kappa shape index (κ2) is 25.1. The highest BCUT2D eigenvalue weighted by Crippen LogP contribution is 2.38. The minimum atomic E-state index is -0.397. The first-order chi connectivity index (χ1) is 32.4. The normalized spacial score (nSPS) is 18.8. The monoisotopic (exact) mass is 898 g/mol. The number of hydrogen-bond donors (Lipinski definition) is 0. The molecule has 0 saturated heterocycles. The van der Waals surface area contributed by atoms with Gasteiger partial charge in [-0.1, -0.05) is 61.2 Å². The second-order valence-electron chi connectivity index (χ2n) is 17.0. The molecular formula is C54H62N2O10. The second-order valence-corrected chi connectivity index (χ2v) is 17.0. The molecule has 0 atom stereocenters. The molecule has 0 unspecified atom stereocenters. The SMILES string of the molecule is C=CC(=O)OCCCCCCOc1ccc(OC(=O)C2CCC(C(=O)Oc3ccc(C4CCC(OCCOCCOC)CC4)cc3/C=N/N=C3c4ccccc4-c4ccccc43)CC2)cc1. The van der Waals surface area contributed by atoms with Crippen molar-refractivity contribution in [2.75, 3.05) is 46.8 Å². The summed E-state index contributed by atoms with van der Waals surface area (Å²) in [7, 11) is 1.66. The van der Waals surface area contributed by atoms with Crippen LogP contribution >= 0.6 is 0 Å². The van der Waals surface area contributed by atoms with Gasteiger partial charge in [0.1, 0.15) is 23.0 Å². The lowest BCUT2D eigenvalue weighted by Gasteiger charge is -2.29. The van der Waals surface area contributed by atoms with Crippen LogP contribution in [0.15, 0.2) is 114 Å². The van der Waals surface area contributed by atoms with E-state index in [4.69, 9.17) is 38.3 Å². The van der Waals surface area contributed by atoms with E-state index in [9.17, 15) is 14.4 Å². The third-order valence-corrected chi connectivity index (χ3v) is 12.6. The lowest BCUT2D eigenvalue weighted by molar-refractivity contribution is -0.145. The number of unbranched alkanes of at least 4 members (excludes halogenated alkanes) is 3. The predicted molar refractivity (Wildman–Crippen MR) is 253 cm³/mol. The van der Waals surface area contributed by atoms with Gasteiger partial charge in [-0.2, -0.15) is 5.10 Å². The lowest BCUT2D eigenvalue weighted by Crippen LogP contribution is -2.30. The zero-order chi connectivity index (χ0) is 45.9. The minimum Gasteiger partial charge on any atom is -0.494 e. The standard InChI is InChI=1S/C54H62N2O10/c1-3-51(57)64-31-11-5-4-10-30-62-44-25-27-45(28-26-44)65-53(58)39-16-18-40(19-17-39)54(59)66-50-29-22-41(38-20-23-43(24-21-38)63-35-34-61-33-32-60-2)36-42(50)37-55-56-52-48-14-8-6-12-46(48)47-13-7-9-15-49(47)52/h3,6-9,12-15,22,25-29,36-40,43H,1,4-5,10-11,16-21,23-24,30-35H2,2H3/b55-37+. The molecule has 4 aromatic carbocycles. The zero-order valence-electron chi connectivity index (χ0n) is 38.0. The molecule has 66 heavy (non-hydrogen) atoms. The van der Waals surface area contributed by atoms with E-state index in [1.54, 1.807) is 37.6 Å². The topological polar surface area (TPSA) is 141 Å². The maximum atomic E-state index is 13.8. The van der Waals surface area contributed by atoms with Gasteiger partial charge < -0.3 is 33.2 Å². The van der Waals surface area contributed by atoms with Crippen molar-refractivity contribution in [1.29, 1.82) is 0 Å². The van der Waals surface area contributed by atoms with Crippen LogP contribution in [-0.2, 0) is 33.3 Å². The molecule has 2 fully saturated rings. The van der Waals surface area contributed by atoms with E-state index < -0.39 is 5.97 Å². The Hall–Kier alpha value is -5.95. The Morgan fingerprint density at radius 2 is 1.24 bits per heavy atom. The summed E-state index contributed by atoms with van der Waals surface area (Å²) in [4.78, 5) is 38.1. The molecule has 12 nitrogen and oxygen atoms in total. The number of fused-ring (bicyclic) bond motifs is 3. The fourth-order valence-corrected chi connectivity index (χ4v) is 8.89. The van der Waals surface area contributed by atoms with Crippen LogP contribution in [0, 0.1) is 11.8 Å². The van der Waals surface area contributed by atoms with Crippen molar-refractivity contribution in [3.05, 3.63) is 126 Å². The molecule has 0 heterocycles.